The summed E-state index contributed by atoms with van der Waals surface area (Å²) in [6.07, 6.45) is 5.33. The Balaban J connectivity index is 2.04. The molecule has 2 rings (SSSR count). The second-order valence-corrected chi connectivity index (χ2v) is 6.36. The first-order valence-corrected chi connectivity index (χ1v) is 7.75. The lowest BCUT2D eigenvalue weighted by molar-refractivity contribution is -0.146. The molecule has 1 amide bonds. The fraction of sp³-hybridized carbons (Fsp3) is 0.933. The first-order valence-electron chi connectivity index (χ1n) is 7.75. The first-order chi connectivity index (χ1) is 9.09. The van der Waals surface area contributed by atoms with Crippen molar-refractivity contribution in [2.75, 3.05) is 40.3 Å². The number of nitrogens with one attached hydrogen (secondary N) is 1. The molecule has 0 aromatic carbocycles. The van der Waals surface area contributed by atoms with Gasteiger partial charge in [-0.05, 0) is 58.8 Å². The zero-order chi connectivity index (χ0) is 13.9. The minimum atomic E-state index is -0.101. The summed E-state index contributed by atoms with van der Waals surface area (Å²) in [5.41, 5.74) is -0.101. The van der Waals surface area contributed by atoms with Crippen molar-refractivity contribution < 1.29 is 4.79 Å². The average molecular weight is 267 g/mol. The fourth-order valence-electron chi connectivity index (χ4n) is 3.62. The van der Waals surface area contributed by atoms with E-state index < -0.39 is 0 Å². The second kappa shape index (κ2) is 6.23. The van der Waals surface area contributed by atoms with E-state index in [0.717, 1.165) is 45.3 Å². The predicted octanol–water partition coefficient (Wildman–Crippen LogP) is 1.32. The number of hydrogen-bond acceptors (Lipinski definition) is 3. The number of likely N-dealkylation sites (tertiary alicyclic amines) is 1. The van der Waals surface area contributed by atoms with E-state index in [9.17, 15) is 4.79 Å². The van der Waals surface area contributed by atoms with E-state index in [-0.39, 0.29) is 5.41 Å². The van der Waals surface area contributed by atoms with Crippen LogP contribution >= 0.6 is 0 Å². The summed E-state index contributed by atoms with van der Waals surface area (Å²) in [6, 6.07) is 0.407. The molecule has 0 saturated carbocycles. The van der Waals surface area contributed by atoms with Crippen molar-refractivity contribution in [1.82, 2.24) is 15.1 Å². The normalized spacial score (nSPS) is 28.1. The van der Waals surface area contributed by atoms with Crippen LogP contribution in [0.4, 0.5) is 0 Å². The highest BCUT2D eigenvalue weighted by atomic mass is 16.2. The Bertz CT molecular complexity index is 313. The minimum Gasteiger partial charge on any atom is -0.341 e. The van der Waals surface area contributed by atoms with Crippen LogP contribution in [0.1, 0.15) is 39.0 Å². The molecule has 1 unspecified atom stereocenters. The van der Waals surface area contributed by atoms with Gasteiger partial charge in [0.05, 0.1) is 5.41 Å². The molecule has 0 aromatic heterocycles. The van der Waals surface area contributed by atoms with Gasteiger partial charge < -0.3 is 15.1 Å². The molecule has 2 fully saturated rings. The van der Waals surface area contributed by atoms with E-state index in [1.54, 1.807) is 0 Å². The van der Waals surface area contributed by atoms with Crippen molar-refractivity contribution in [1.29, 1.82) is 0 Å². The molecule has 4 nitrogen and oxygen atoms in total. The van der Waals surface area contributed by atoms with Crippen LogP contribution in [0, 0.1) is 5.41 Å². The SMILES string of the molecule is CCC1(C(=O)N(C)C2CCCN(C)C2)CCNCC1. The highest BCUT2D eigenvalue weighted by Gasteiger charge is 2.41. The second-order valence-electron chi connectivity index (χ2n) is 6.36. The number of nitrogens with zero attached hydrogens (tertiary/aromatic N) is 2. The van der Waals surface area contributed by atoms with Gasteiger partial charge in [-0.25, -0.2) is 0 Å². The van der Waals surface area contributed by atoms with Gasteiger partial charge >= 0.3 is 0 Å². The van der Waals surface area contributed by atoms with Gasteiger partial charge in [0.2, 0.25) is 5.91 Å². The molecule has 1 atom stereocenters. The molecule has 4 heteroatoms. The van der Waals surface area contributed by atoms with Crippen LogP contribution in [0.2, 0.25) is 0 Å². The van der Waals surface area contributed by atoms with Crippen LogP contribution in [0.25, 0.3) is 0 Å². The number of carbonyl (C=O) groups is 1. The van der Waals surface area contributed by atoms with E-state index in [1.165, 1.54) is 13.0 Å². The van der Waals surface area contributed by atoms with Crippen LogP contribution in [0.3, 0.4) is 0 Å². The molecule has 0 radical (unpaired) electrons. The monoisotopic (exact) mass is 267 g/mol. The third-order valence-corrected chi connectivity index (χ3v) is 5.16. The Kier molecular flexibility index (Phi) is 4.85. The van der Waals surface area contributed by atoms with E-state index in [2.05, 4.69) is 29.1 Å². The third-order valence-electron chi connectivity index (χ3n) is 5.16. The molecule has 0 spiro atoms. The van der Waals surface area contributed by atoms with Crippen LogP contribution in [0.5, 0.6) is 0 Å². The molecular formula is C15H29N3O. The van der Waals surface area contributed by atoms with Gasteiger partial charge in [-0.15, -0.1) is 0 Å². The Hall–Kier alpha value is -0.610. The Morgan fingerprint density at radius 1 is 1.42 bits per heavy atom. The lowest BCUT2D eigenvalue weighted by atomic mass is 9.75. The van der Waals surface area contributed by atoms with Gasteiger partial charge in [0, 0.05) is 19.6 Å². The van der Waals surface area contributed by atoms with Crippen molar-refractivity contribution in [3.8, 4) is 0 Å². The van der Waals surface area contributed by atoms with Crippen LogP contribution in [-0.4, -0.2) is 62.0 Å². The number of hydrogen-bond donors (Lipinski definition) is 1. The zero-order valence-electron chi connectivity index (χ0n) is 12.7. The summed E-state index contributed by atoms with van der Waals surface area (Å²) in [5, 5.41) is 3.38. The smallest absolute Gasteiger partial charge is 0.228 e. The number of carbonyl (C=O) groups excluding carboxylic acids is 1. The van der Waals surface area contributed by atoms with Crippen molar-refractivity contribution in [3.63, 3.8) is 0 Å². The number of amides is 1. The molecule has 0 aliphatic carbocycles. The van der Waals surface area contributed by atoms with Crippen molar-refractivity contribution in [3.05, 3.63) is 0 Å². The third kappa shape index (κ3) is 3.11. The molecule has 0 aromatic rings. The van der Waals surface area contributed by atoms with Crippen molar-refractivity contribution in [2.24, 2.45) is 5.41 Å². The maximum atomic E-state index is 12.9. The summed E-state index contributed by atoms with van der Waals surface area (Å²) >= 11 is 0. The molecular weight excluding hydrogens is 238 g/mol. The van der Waals surface area contributed by atoms with Crippen molar-refractivity contribution in [2.45, 2.75) is 45.1 Å². The van der Waals surface area contributed by atoms with Gasteiger partial charge in [0.25, 0.3) is 0 Å². The summed E-state index contributed by atoms with van der Waals surface area (Å²) in [4.78, 5) is 17.3. The Morgan fingerprint density at radius 2 is 2.11 bits per heavy atom. The Morgan fingerprint density at radius 3 is 2.68 bits per heavy atom. The highest BCUT2D eigenvalue weighted by Crippen LogP contribution is 2.35. The Labute approximate surface area is 117 Å². The molecule has 2 saturated heterocycles. The van der Waals surface area contributed by atoms with Crippen LogP contribution in [0.15, 0.2) is 0 Å². The number of likely N-dealkylation sites (N-methyl/N-ethyl adjacent to an activating group) is 2. The fourth-order valence-corrected chi connectivity index (χ4v) is 3.62. The lowest BCUT2D eigenvalue weighted by Crippen LogP contribution is -2.54. The van der Waals surface area contributed by atoms with Gasteiger partial charge in [0.1, 0.15) is 0 Å². The van der Waals surface area contributed by atoms with Gasteiger partial charge in [0.15, 0.2) is 0 Å². The van der Waals surface area contributed by atoms with Gasteiger partial charge in [-0.2, -0.15) is 0 Å². The molecule has 2 aliphatic rings. The largest absolute Gasteiger partial charge is 0.341 e. The van der Waals surface area contributed by atoms with E-state index in [1.807, 2.05) is 7.05 Å². The van der Waals surface area contributed by atoms with Crippen LogP contribution in [-0.2, 0) is 4.79 Å². The quantitative estimate of drug-likeness (QED) is 0.838. The maximum Gasteiger partial charge on any atom is 0.228 e. The van der Waals surface area contributed by atoms with Gasteiger partial charge in [-0.3, -0.25) is 4.79 Å². The summed E-state index contributed by atoms with van der Waals surface area (Å²) in [5.74, 6) is 0.386. The van der Waals surface area contributed by atoms with E-state index >= 15 is 0 Å². The average Bonchev–Trinajstić information content (AvgIpc) is 2.46. The van der Waals surface area contributed by atoms with E-state index in [4.69, 9.17) is 0 Å². The summed E-state index contributed by atoms with van der Waals surface area (Å²) in [7, 11) is 4.18. The van der Waals surface area contributed by atoms with E-state index in [0.29, 0.717) is 11.9 Å². The van der Waals surface area contributed by atoms with Crippen LogP contribution < -0.4 is 5.32 Å². The standard InChI is InChI=1S/C15H29N3O/c1-4-15(7-9-16-10-8-15)14(19)18(3)13-6-5-11-17(2)12-13/h13,16H,4-12H2,1-3H3. The number of rotatable bonds is 3. The molecule has 1 N–H and O–H groups in total. The molecule has 0 bridgehead atoms. The van der Waals surface area contributed by atoms with Crippen molar-refractivity contribution >= 4 is 5.91 Å². The molecule has 110 valence electrons. The highest BCUT2D eigenvalue weighted by molar-refractivity contribution is 5.83. The summed E-state index contributed by atoms with van der Waals surface area (Å²) < 4.78 is 0. The lowest BCUT2D eigenvalue weighted by Gasteiger charge is -2.43. The minimum absolute atomic E-state index is 0.101. The summed E-state index contributed by atoms with van der Waals surface area (Å²) in [6.45, 7) is 6.34. The van der Waals surface area contributed by atoms with Gasteiger partial charge in [-0.1, -0.05) is 6.92 Å². The number of piperidine rings is 2. The first kappa shape index (κ1) is 14.8. The molecule has 19 heavy (non-hydrogen) atoms. The predicted molar refractivity (Wildman–Crippen MR) is 78.1 cm³/mol. The molecule has 2 aliphatic heterocycles. The molecule has 2 heterocycles. The zero-order valence-corrected chi connectivity index (χ0v) is 12.7. The maximum absolute atomic E-state index is 12.9. The topological polar surface area (TPSA) is 35.6 Å².